The van der Waals surface area contributed by atoms with E-state index in [1.54, 1.807) is 0 Å². The van der Waals surface area contributed by atoms with E-state index in [2.05, 4.69) is 0 Å². The molecule has 0 atom stereocenters. The second-order valence-electron chi connectivity index (χ2n) is 2.55. The SMILES string of the molecule is [O]CCC1CCOCC1. The summed E-state index contributed by atoms with van der Waals surface area (Å²) in [6.45, 7) is 1.82. The van der Waals surface area contributed by atoms with Crippen LogP contribution >= 0.6 is 0 Å². The van der Waals surface area contributed by atoms with Crippen molar-refractivity contribution in [1.29, 1.82) is 0 Å². The van der Waals surface area contributed by atoms with Crippen LogP contribution in [0.5, 0.6) is 0 Å². The van der Waals surface area contributed by atoms with Crippen LogP contribution < -0.4 is 0 Å². The molecular weight excluding hydrogens is 116 g/mol. The Bertz CT molecular complexity index is 64.6. The molecule has 0 saturated carbocycles. The number of hydrogen-bond acceptors (Lipinski definition) is 1. The lowest BCUT2D eigenvalue weighted by molar-refractivity contribution is 0.0523. The first-order valence-corrected chi connectivity index (χ1v) is 3.59. The highest BCUT2D eigenvalue weighted by Gasteiger charge is 2.12. The van der Waals surface area contributed by atoms with Gasteiger partial charge in [0.05, 0.1) is 6.61 Å². The van der Waals surface area contributed by atoms with Crippen LogP contribution in [0.3, 0.4) is 0 Å². The largest absolute Gasteiger partial charge is 0.381 e. The van der Waals surface area contributed by atoms with Gasteiger partial charge >= 0.3 is 0 Å². The number of rotatable bonds is 2. The molecule has 2 nitrogen and oxygen atoms in total. The monoisotopic (exact) mass is 129 g/mol. The maximum absolute atomic E-state index is 10.2. The Balaban J connectivity index is 2.08. The molecule has 9 heavy (non-hydrogen) atoms. The molecule has 1 aliphatic rings. The first kappa shape index (κ1) is 7.03. The van der Waals surface area contributed by atoms with Gasteiger partial charge in [0.15, 0.2) is 0 Å². The lowest BCUT2D eigenvalue weighted by Crippen LogP contribution is -2.16. The van der Waals surface area contributed by atoms with Crippen molar-refractivity contribution in [2.75, 3.05) is 19.8 Å². The Kier molecular flexibility index (Phi) is 3.01. The van der Waals surface area contributed by atoms with Gasteiger partial charge in [0.25, 0.3) is 0 Å². The van der Waals surface area contributed by atoms with Crippen molar-refractivity contribution in [2.24, 2.45) is 5.92 Å². The van der Waals surface area contributed by atoms with E-state index in [9.17, 15) is 5.11 Å². The molecule has 0 amide bonds. The summed E-state index contributed by atoms with van der Waals surface area (Å²) in [6, 6.07) is 0. The fraction of sp³-hybridized carbons (Fsp3) is 1.00. The van der Waals surface area contributed by atoms with E-state index in [0.29, 0.717) is 5.92 Å². The Morgan fingerprint density at radius 3 is 2.56 bits per heavy atom. The summed E-state index contributed by atoms with van der Waals surface area (Å²) in [7, 11) is 0. The van der Waals surface area contributed by atoms with Crippen molar-refractivity contribution >= 4 is 0 Å². The summed E-state index contributed by atoms with van der Waals surface area (Å²) in [4.78, 5) is 0. The van der Waals surface area contributed by atoms with E-state index in [1.807, 2.05) is 0 Å². The minimum atomic E-state index is 0.0880. The summed E-state index contributed by atoms with van der Waals surface area (Å²) in [6.07, 6.45) is 3.05. The second kappa shape index (κ2) is 3.85. The number of hydrogen-bond donors (Lipinski definition) is 0. The standard InChI is InChI=1S/C7H13O2/c8-4-1-7-2-5-9-6-3-7/h7H,1-6H2. The zero-order chi connectivity index (χ0) is 6.53. The van der Waals surface area contributed by atoms with Crippen LogP contribution in [0.2, 0.25) is 0 Å². The van der Waals surface area contributed by atoms with Crippen molar-refractivity contribution in [3.63, 3.8) is 0 Å². The molecule has 1 aliphatic heterocycles. The van der Waals surface area contributed by atoms with Gasteiger partial charge in [0.1, 0.15) is 0 Å². The summed E-state index contributed by atoms with van der Waals surface area (Å²) < 4.78 is 5.14. The van der Waals surface area contributed by atoms with Crippen molar-refractivity contribution < 1.29 is 9.84 Å². The first-order valence-electron chi connectivity index (χ1n) is 3.59. The van der Waals surface area contributed by atoms with Crippen molar-refractivity contribution in [3.8, 4) is 0 Å². The van der Waals surface area contributed by atoms with E-state index in [0.717, 1.165) is 32.5 Å². The average Bonchev–Trinajstić information content (AvgIpc) is 1.91. The van der Waals surface area contributed by atoms with Crippen molar-refractivity contribution in [3.05, 3.63) is 0 Å². The van der Waals surface area contributed by atoms with E-state index >= 15 is 0 Å². The van der Waals surface area contributed by atoms with Crippen LogP contribution in [-0.4, -0.2) is 19.8 Å². The lowest BCUT2D eigenvalue weighted by Gasteiger charge is -2.20. The fourth-order valence-corrected chi connectivity index (χ4v) is 1.20. The van der Waals surface area contributed by atoms with E-state index in [4.69, 9.17) is 4.74 Å². The highest BCUT2D eigenvalue weighted by atomic mass is 16.5. The van der Waals surface area contributed by atoms with Crippen LogP contribution in [0.4, 0.5) is 0 Å². The van der Waals surface area contributed by atoms with Crippen LogP contribution in [0, 0.1) is 5.92 Å². The van der Waals surface area contributed by atoms with Gasteiger partial charge in [-0.2, -0.15) is 0 Å². The molecule has 0 spiro atoms. The Labute approximate surface area is 55.8 Å². The quantitative estimate of drug-likeness (QED) is 0.551. The van der Waals surface area contributed by atoms with E-state index in [-0.39, 0.29) is 6.61 Å². The van der Waals surface area contributed by atoms with Gasteiger partial charge in [0, 0.05) is 13.2 Å². The smallest absolute Gasteiger partial charge is 0.0825 e. The summed E-state index contributed by atoms with van der Waals surface area (Å²) in [5.41, 5.74) is 0. The predicted octanol–water partition coefficient (Wildman–Crippen LogP) is 1.23. The Morgan fingerprint density at radius 2 is 2.00 bits per heavy atom. The third-order valence-corrected chi connectivity index (χ3v) is 1.87. The van der Waals surface area contributed by atoms with Crippen LogP contribution in [-0.2, 0) is 9.84 Å². The molecule has 53 valence electrons. The van der Waals surface area contributed by atoms with Crippen LogP contribution in [0.15, 0.2) is 0 Å². The third kappa shape index (κ3) is 2.33. The van der Waals surface area contributed by atoms with E-state index in [1.165, 1.54) is 0 Å². The molecule has 1 heterocycles. The minimum absolute atomic E-state index is 0.0880. The topological polar surface area (TPSA) is 29.1 Å². The Morgan fingerprint density at radius 1 is 1.33 bits per heavy atom. The van der Waals surface area contributed by atoms with Crippen molar-refractivity contribution in [2.45, 2.75) is 19.3 Å². The zero-order valence-corrected chi connectivity index (χ0v) is 5.64. The van der Waals surface area contributed by atoms with Gasteiger partial charge in [-0.05, 0) is 25.2 Å². The molecule has 2 heteroatoms. The molecule has 1 radical (unpaired) electrons. The summed E-state index contributed by atoms with van der Waals surface area (Å²) in [5, 5.41) is 10.2. The molecule has 0 aliphatic carbocycles. The van der Waals surface area contributed by atoms with Gasteiger partial charge in [-0.25, -0.2) is 5.11 Å². The maximum Gasteiger partial charge on any atom is 0.0825 e. The molecule has 0 bridgehead atoms. The molecule has 1 fully saturated rings. The molecular formula is C7H13O2. The molecule has 0 aromatic carbocycles. The molecule has 1 rings (SSSR count). The van der Waals surface area contributed by atoms with E-state index < -0.39 is 0 Å². The fourth-order valence-electron chi connectivity index (χ4n) is 1.20. The summed E-state index contributed by atoms with van der Waals surface area (Å²) in [5.74, 6) is 0.663. The first-order chi connectivity index (χ1) is 4.43. The average molecular weight is 129 g/mol. The zero-order valence-electron chi connectivity index (χ0n) is 5.64. The van der Waals surface area contributed by atoms with Crippen molar-refractivity contribution in [1.82, 2.24) is 0 Å². The highest BCUT2D eigenvalue weighted by Crippen LogP contribution is 2.17. The molecule has 0 aromatic rings. The van der Waals surface area contributed by atoms with Gasteiger partial charge in [-0.1, -0.05) is 0 Å². The molecule has 0 N–H and O–H groups in total. The molecule has 0 unspecified atom stereocenters. The van der Waals surface area contributed by atoms with Crippen LogP contribution in [0.1, 0.15) is 19.3 Å². The maximum atomic E-state index is 10.2. The summed E-state index contributed by atoms with van der Waals surface area (Å²) >= 11 is 0. The van der Waals surface area contributed by atoms with Crippen LogP contribution in [0.25, 0.3) is 0 Å². The molecule has 0 aromatic heterocycles. The molecule has 1 saturated heterocycles. The van der Waals surface area contributed by atoms with Gasteiger partial charge in [0.2, 0.25) is 0 Å². The Hall–Kier alpha value is -0.0800. The second-order valence-corrected chi connectivity index (χ2v) is 2.55. The normalized spacial score (nSPS) is 22.3. The third-order valence-electron chi connectivity index (χ3n) is 1.87. The lowest BCUT2D eigenvalue weighted by atomic mass is 9.97. The predicted molar refractivity (Wildman–Crippen MR) is 33.7 cm³/mol. The minimum Gasteiger partial charge on any atom is -0.381 e. The highest BCUT2D eigenvalue weighted by molar-refractivity contribution is 4.61. The van der Waals surface area contributed by atoms with Gasteiger partial charge in [-0.15, -0.1) is 0 Å². The number of ether oxygens (including phenoxy) is 1. The van der Waals surface area contributed by atoms with Gasteiger partial charge in [-0.3, -0.25) is 0 Å². The van der Waals surface area contributed by atoms with Gasteiger partial charge < -0.3 is 4.74 Å².